The molecule has 0 aliphatic carbocycles. The van der Waals surface area contributed by atoms with Crippen LogP contribution in [-0.2, 0) is 4.74 Å². The van der Waals surface area contributed by atoms with Gasteiger partial charge in [0, 0.05) is 49.8 Å². The Labute approximate surface area is 131 Å². The molecule has 2 saturated heterocycles. The van der Waals surface area contributed by atoms with E-state index in [0.717, 1.165) is 37.7 Å². The van der Waals surface area contributed by atoms with Gasteiger partial charge in [0.25, 0.3) is 0 Å². The summed E-state index contributed by atoms with van der Waals surface area (Å²) in [7, 11) is 0. The van der Waals surface area contributed by atoms with Crippen LogP contribution in [-0.4, -0.2) is 52.7 Å². The molecule has 1 amide bonds. The van der Waals surface area contributed by atoms with Crippen LogP contribution in [0, 0.1) is 18.8 Å². The molecule has 3 heterocycles. The number of rotatable bonds is 1. The van der Waals surface area contributed by atoms with Gasteiger partial charge in [-0.1, -0.05) is 0 Å². The summed E-state index contributed by atoms with van der Waals surface area (Å²) in [5.41, 5.74) is 0.552. The van der Waals surface area contributed by atoms with E-state index < -0.39 is 5.60 Å². The maximum absolute atomic E-state index is 12.2. The Hall–Kier alpha value is -1.85. The molecule has 0 aromatic carbocycles. The van der Waals surface area contributed by atoms with Gasteiger partial charge in [-0.05, 0) is 27.7 Å². The largest absolute Gasteiger partial charge is 0.444 e. The van der Waals surface area contributed by atoms with Crippen LogP contribution < -0.4 is 4.90 Å². The molecule has 6 nitrogen and oxygen atoms in total. The second-order valence-corrected chi connectivity index (χ2v) is 7.33. The fourth-order valence-electron chi connectivity index (χ4n) is 3.27. The summed E-state index contributed by atoms with van der Waals surface area (Å²) >= 11 is 0. The fraction of sp³-hybridized carbons (Fsp3) is 0.688. The summed E-state index contributed by atoms with van der Waals surface area (Å²) in [6.45, 7) is 11.1. The zero-order valence-corrected chi connectivity index (χ0v) is 13.7. The molecule has 0 N–H and O–H groups in total. The first kappa shape index (κ1) is 15.1. The van der Waals surface area contributed by atoms with Crippen LogP contribution in [0.5, 0.6) is 0 Å². The van der Waals surface area contributed by atoms with E-state index in [4.69, 9.17) is 4.74 Å². The molecule has 0 spiro atoms. The van der Waals surface area contributed by atoms with Gasteiger partial charge in [0.2, 0.25) is 0 Å². The Kier molecular flexibility index (Phi) is 3.70. The number of hydrogen-bond acceptors (Lipinski definition) is 5. The van der Waals surface area contributed by atoms with Gasteiger partial charge in [0.05, 0.1) is 0 Å². The lowest BCUT2D eigenvalue weighted by atomic mass is 10.0. The number of fused-ring (bicyclic) bond motifs is 1. The maximum atomic E-state index is 12.2. The molecule has 2 atom stereocenters. The molecule has 0 saturated carbocycles. The predicted molar refractivity (Wildman–Crippen MR) is 83.8 cm³/mol. The smallest absolute Gasteiger partial charge is 0.410 e. The standard InChI is InChI=1S/C16H24N4O2/c1-11-5-14(18-10-17-11)19-6-12-8-20(9-13(12)7-19)15(21)22-16(2,3)4/h5,10,12-13H,6-9H2,1-4H3/t12-,13-/m0/s1. The van der Waals surface area contributed by atoms with Crippen molar-refractivity contribution >= 4 is 11.9 Å². The van der Waals surface area contributed by atoms with Crippen molar-refractivity contribution in [2.24, 2.45) is 11.8 Å². The molecule has 2 aliphatic heterocycles. The number of carbonyl (C=O) groups is 1. The average molecular weight is 304 g/mol. The normalized spacial score (nSPS) is 24.5. The molecule has 1 aromatic heterocycles. The highest BCUT2D eigenvalue weighted by Crippen LogP contribution is 2.33. The summed E-state index contributed by atoms with van der Waals surface area (Å²) < 4.78 is 5.47. The van der Waals surface area contributed by atoms with Crippen molar-refractivity contribution in [1.82, 2.24) is 14.9 Å². The minimum atomic E-state index is -0.431. The van der Waals surface area contributed by atoms with Gasteiger partial charge in [0.15, 0.2) is 0 Å². The second-order valence-electron chi connectivity index (χ2n) is 7.33. The minimum Gasteiger partial charge on any atom is -0.444 e. The first-order chi connectivity index (χ1) is 10.3. The number of amides is 1. The van der Waals surface area contributed by atoms with E-state index in [-0.39, 0.29) is 6.09 Å². The maximum Gasteiger partial charge on any atom is 0.410 e. The number of likely N-dealkylation sites (tertiary alicyclic amines) is 1. The van der Waals surface area contributed by atoms with E-state index in [0.29, 0.717) is 11.8 Å². The summed E-state index contributed by atoms with van der Waals surface area (Å²) in [5, 5.41) is 0. The van der Waals surface area contributed by atoms with Crippen LogP contribution in [0.15, 0.2) is 12.4 Å². The van der Waals surface area contributed by atoms with Crippen LogP contribution in [0.1, 0.15) is 26.5 Å². The quantitative estimate of drug-likeness (QED) is 0.795. The summed E-state index contributed by atoms with van der Waals surface area (Å²) in [4.78, 5) is 24.8. The SMILES string of the molecule is Cc1cc(N2C[C@H]3CN(C(=O)OC(C)(C)C)C[C@@H]3C2)ncn1. The lowest BCUT2D eigenvalue weighted by Gasteiger charge is -2.26. The van der Waals surface area contributed by atoms with E-state index in [1.54, 1.807) is 6.33 Å². The Morgan fingerprint density at radius 3 is 2.36 bits per heavy atom. The van der Waals surface area contributed by atoms with Crippen molar-refractivity contribution in [3.8, 4) is 0 Å². The molecule has 6 heteroatoms. The van der Waals surface area contributed by atoms with E-state index in [9.17, 15) is 4.79 Å². The van der Waals surface area contributed by atoms with E-state index in [1.165, 1.54) is 0 Å². The van der Waals surface area contributed by atoms with Crippen molar-refractivity contribution in [2.45, 2.75) is 33.3 Å². The molecule has 3 rings (SSSR count). The molecular weight excluding hydrogens is 280 g/mol. The van der Waals surface area contributed by atoms with E-state index in [2.05, 4.69) is 14.9 Å². The van der Waals surface area contributed by atoms with Crippen molar-refractivity contribution in [1.29, 1.82) is 0 Å². The third-order valence-corrected chi connectivity index (χ3v) is 4.25. The van der Waals surface area contributed by atoms with Gasteiger partial charge in [-0.2, -0.15) is 0 Å². The zero-order valence-electron chi connectivity index (χ0n) is 13.7. The lowest BCUT2D eigenvalue weighted by molar-refractivity contribution is 0.0282. The van der Waals surface area contributed by atoms with Crippen LogP contribution in [0.4, 0.5) is 10.6 Å². The Balaban J connectivity index is 1.60. The molecule has 0 unspecified atom stereocenters. The number of ether oxygens (including phenoxy) is 1. The molecule has 0 radical (unpaired) electrons. The molecule has 120 valence electrons. The van der Waals surface area contributed by atoms with Gasteiger partial charge in [-0.25, -0.2) is 14.8 Å². The van der Waals surface area contributed by atoms with Gasteiger partial charge in [-0.3, -0.25) is 0 Å². The Morgan fingerprint density at radius 2 is 1.82 bits per heavy atom. The van der Waals surface area contributed by atoms with Crippen molar-refractivity contribution in [3.05, 3.63) is 18.1 Å². The van der Waals surface area contributed by atoms with Crippen LogP contribution in [0.25, 0.3) is 0 Å². The fourth-order valence-corrected chi connectivity index (χ4v) is 3.27. The number of nitrogens with zero attached hydrogens (tertiary/aromatic N) is 4. The topological polar surface area (TPSA) is 58.6 Å². The predicted octanol–water partition coefficient (Wildman–Crippen LogP) is 2.09. The van der Waals surface area contributed by atoms with E-state index >= 15 is 0 Å². The number of carbonyl (C=O) groups excluding carboxylic acids is 1. The van der Waals surface area contributed by atoms with Crippen LogP contribution in [0.2, 0.25) is 0 Å². The third-order valence-electron chi connectivity index (χ3n) is 4.25. The molecule has 2 aliphatic rings. The molecule has 1 aromatic rings. The molecular formula is C16H24N4O2. The van der Waals surface area contributed by atoms with Gasteiger partial charge >= 0.3 is 6.09 Å². The second kappa shape index (κ2) is 5.41. The average Bonchev–Trinajstić information content (AvgIpc) is 2.94. The molecule has 2 fully saturated rings. The first-order valence-corrected chi connectivity index (χ1v) is 7.83. The zero-order chi connectivity index (χ0) is 15.9. The Bertz CT molecular complexity index is 556. The number of anilines is 1. The highest BCUT2D eigenvalue weighted by atomic mass is 16.6. The van der Waals surface area contributed by atoms with E-state index in [1.807, 2.05) is 38.7 Å². The number of hydrogen-bond donors (Lipinski definition) is 0. The van der Waals surface area contributed by atoms with Crippen LogP contribution in [0.3, 0.4) is 0 Å². The monoisotopic (exact) mass is 304 g/mol. The number of aromatic nitrogens is 2. The lowest BCUT2D eigenvalue weighted by Crippen LogP contribution is -2.37. The Morgan fingerprint density at radius 1 is 1.18 bits per heavy atom. The summed E-state index contributed by atoms with van der Waals surface area (Å²) in [5.74, 6) is 2.00. The van der Waals surface area contributed by atoms with Crippen molar-refractivity contribution < 1.29 is 9.53 Å². The minimum absolute atomic E-state index is 0.189. The first-order valence-electron chi connectivity index (χ1n) is 7.83. The molecule has 22 heavy (non-hydrogen) atoms. The van der Waals surface area contributed by atoms with Crippen molar-refractivity contribution in [3.63, 3.8) is 0 Å². The van der Waals surface area contributed by atoms with Crippen molar-refractivity contribution in [2.75, 3.05) is 31.1 Å². The summed E-state index contributed by atoms with van der Waals surface area (Å²) in [6, 6.07) is 2.02. The summed E-state index contributed by atoms with van der Waals surface area (Å²) in [6.07, 6.45) is 1.43. The third kappa shape index (κ3) is 3.15. The highest BCUT2D eigenvalue weighted by molar-refractivity contribution is 5.68. The van der Waals surface area contributed by atoms with Crippen LogP contribution >= 0.6 is 0 Å². The van der Waals surface area contributed by atoms with Gasteiger partial charge < -0.3 is 14.5 Å². The number of aryl methyl sites for hydroxylation is 1. The van der Waals surface area contributed by atoms with Gasteiger partial charge in [-0.15, -0.1) is 0 Å². The molecule has 0 bridgehead atoms. The highest BCUT2D eigenvalue weighted by Gasteiger charge is 2.43. The van der Waals surface area contributed by atoms with Gasteiger partial charge in [0.1, 0.15) is 17.7 Å².